The summed E-state index contributed by atoms with van der Waals surface area (Å²) in [5, 5.41) is 0. The van der Waals surface area contributed by atoms with Crippen molar-refractivity contribution in [2.24, 2.45) is 11.3 Å². The Bertz CT molecular complexity index is 129. The van der Waals surface area contributed by atoms with Crippen molar-refractivity contribution in [3.05, 3.63) is 12.2 Å². The van der Waals surface area contributed by atoms with E-state index < -0.39 is 0 Å². The van der Waals surface area contributed by atoms with Crippen molar-refractivity contribution in [2.45, 2.75) is 53.9 Å². The van der Waals surface area contributed by atoms with Gasteiger partial charge in [-0.05, 0) is 17.8 Å². The Morgan fingerprint density at radius 1 is 1.25 bits per heavy atom. The molecule has 12 heavy (non-hydrogen) atoms. The number of hydrogen-bond acceptors (Lipinski definition) is 0. The molecule has 0 heteroatoms. The van der Waals surface area contributed by atoms with Crippen LogP contribution in [0.2, 0.25) is 0 Å². The molecule has 0 radical (unpaired) electrons. The quantitative estimate of drug-likeness (QED) is 0.421. The summed E-state index contributed by atoms with van der Waals surface area (Å²) in [5.74, 6) is 0.732. The van der Waals surface area contributed by atoms with Gasteiger partial charge in [-0.2, -0.15) is 0 Å². The van der Waals surface area contributed by atoms with Gasteiger partial charge in [0, 0.05) is 0 Å². The highest BCUT2D eigenvalue weighted by Crippen LogP contribution is 2.27. The van der Waals surface area contributed by atoms with Crippen LogP contribution >= 0.6 is 0 Å². The summed E-state index contributed by atoms with van der Waals surface area (Å²) in [6.07, 6.45) is 8.57. The van der Waals surface area contributed by atoms with E-state index in [1.165, 1.54) is 19.3 Å². The zero-order valence-electron chi connectivity index (χ0n) is 9.35. The van der Waals surface area contributed by atoms with E-state index in [1.54, 1.807) is 0 Å². The Kier molecular flexibility index (Phi) is 5.28. The lowest BCUT2D eigenvalue weighted by atomic mass is 9.81. The SMILES string of the molecule is CCCC/C=C\C(C)(C)C(C)C. The predicted molar refractivity (Wildman–Crippen MR) is 57.3 cm³/mol. The lowest BCUT2D eigenvalue weighted by Crippen LogP contribution is -2.15. The van der Waals surface area contributed by atoms with Crippen molar-refractivity contribution < 1.29 is 0 Å². The molecule has 0 heterocycles. The van der Waals surface area contributed by atoms with Crippen LogP contribution in [0.4, 0.5) is 0 Å². The minimum Gasteiger partial charge on any atom is -0.0880 e. The summed E-state index contributed by atoms with van der Waals surface area (Å²) in [7, 11) is 0. The van der Waals surface area contributed by atoms with Gasteiger partial charge in [0.1, 0.15) is 0 Å². The maximum atomic E-state index is 2.37. The molecule has 0 amide bonds. The highest BCUT2D eigenvalue weighted by atomic mass is 14.2. The molecule has 0 bridgehead atoms. The molecule has 0 N–H and O–H groups in total. The lowest BCUT2D eigenvalue weighted by molar-refractivity contribution is 0.332. The van der Waals surface area contributed by atoms with Crippen LogP contribution in [0.5, 0.6) is 0 Å². The Hall–Kier alpha value is -0.260. The average molecular weight is 168 g/mol. The van der Waals surface area contributed by atoms with E-state index in [-0.39, 0.29) is 0 Å². The molecule has 72 valence electrons. The van der Waals surface area contributed by atoms with Crippen molar-refractivity contribution >= 4 is 0 Å². The topological polar surface area (TPSA) is 0 Å². The lowest BCUT2D eigenvalue weighted by Gasteiger charge is -2.25. The Morgan fingerprint density at radius 3 is 2.25 bits per heavy atom. The van der Waals surface area contributed by atoms with Gasteiger partial charge in [-0.15, -0.1) is 0 Å². The van der Waals surface area contributed by atoms with E-state index >= 15 is 0 Å². The summed E-state index contributed by atoms with van der Waals surface area (Å²) >= 11 is 0. The van der Waals surface area contributed by atoms with Crippen LogP contribution < -0.4 is 0 Å². The standard InChI is InChI=1S/C12H24/c1-6-7-8-9-10-12(4,5)11(2)3/h9-11H,6-8H2,1-5H3/b10-9-. The fourth-order valence-corrected chi connectivity index (χ4v) is 0.902. The fourth-order valence-electron chi connectivity index (χ4n) is 0.902. The number of rotatable bonds is 5. The van der Waals surface area contributed by atoms with E-state index in [4.69, 9.17) is 0 Å². The molecule has 0 aliphatic rings. The normalized spacial score (nSPS) is 13.2. The highest BCUT2D eigenvalue weighted by molar-refractivity contribution is 4.96. The summed E-state index contributed by atoms with van der Waals surface area (Å²) in [4.78, 5) is 0. The molecule has 0 saturated carbocycles. The molecule has 0 unspecified atom stereocenters. The smallest absolute Gasteiger partial charge is 0.0152 e. The number of allylic oxidation sites excluding steroid dienone is 2. The number of hydrogen-bond donors (Lipinski definition) is 0. The fraction of sp³-hybridized carbons (Fsp3) is 0.833. The molecule has 0 rings (SSSR count). The van der Waals surface area contributed by atoms with Crippen LogP contribution in [0.15, 0.2) is 12.2 Å². The maximum Gasteiger partial charge on any atom is -0.0152 e. The second-order valence-corrected chi connectivity index (χ2v) is 4.52. The second-order valence-electron chi connectivity index (χ2n) is 4.52. The third-order valence-corrected chi connectivity index (χ3v) is 2.76. The molecular weight excluding hydrogens is 144 g/mol. The van der Waals surface area contributed by atoms with Gasteiger partial charge in [-0.25, -0.2) is 0 Å². The second kappa shape index (κ2) is 5.40. The van der Waals surface area contributed by atoms with Crippen LogP contribution in [0.1, 0.15) is 53.9 Å². The van der Waals surface area contributed by atoms with Gasteiger partial charge in [0.2, 0.25) is 0 Å². The van der Waals surface area contributed by atoms with Gasteiger partial charge in [-0.3, -0.25) is 0 Å². The zero-order valence-corrected chi connectivity index (χ0v) is 9.35. The molecule has 0 aliphatic carbocycles. The van der Waals surface area contributed by atoms with Crippen molar-refractivity contribution in [1.29, 1.82) is 0 Å². The first-order valence-corrected chi connectivity index (χ1v) is 5.18. The zero-order chi connectivity index (χ0) is 9.61. The van der Waals surface area contributed by atoms with Crippen LogP contribution in [0, 0.1) is 11.3 Å². The molecule has 0 aromatic rings. The third kappa shape index (κ3) is 4.58. The minimum atomic E-state index is 0.369. The summed E-state index contributed by atoms with van der Waals surface area (Å²) < 4.78 is 0. The Balaban J connectivity index is 3.80. The monoisotopic (exact) mass is 168 g/mol. The van der Waals surface area contributed by atoms with Crippen LogP contribution in [-0.2, 0) is 0 Å². The van der Waals surface area contributed by atoms with Crippen molar-refractivity contribution in [2.75, 3.05) is 0 Å². The van der Waals surface area contributed by atoms with E-state index in [0.717, 1.165) is 5.92 Å². The molecule has 0 fully saturated rings. The van der Waals surface area contributed by atoms with Crippen molar-refractivity contribution in [3.8, 4) is 0 Å². The van der Waals surface area contributed by atoms with Gasteiger partial charge in [-0.1, -0.05) is 59.6 Å². The van der Waals surface area contributed by atoms with E-state index in [2.05, 4.69) is 46.8 Å². The molecule has 0 aromatic heterocycles. The van der Waals surface area contributed by atoms with E-state index in [1.807, 2.05) is 0 Å². The third-order valence-electron chi connectivity index (χ3n) is 2.76. The maximum absolute atomic E-state index is 2.37. The summed E-state index contributed by atoms with van der Waals surface area (Å²) in [6.45, 7) is 11.4. The van der Waals surface area contributed by atoms with Crippen molar-refractivity contribution in [3.63, 3.8) is 0 Å². The first-order valence-electron chi connectivity index (χ1n) is 5.18. The van der Waals surface area contributed by atoms with Gasteiger partial charge in [0.15, 0.2) is 0 Å². The van der Waals surface area contributed by atoms with Gasteiger partial charge in [0.05, 0.1) is 0 Å². The summed E-state index contributed by atoms with van der Waals surface area (Å²) in [6, 6.07) is 0. The molecule has 0 spiro atoms. The highest BCUT2D eigenvalue weighted by Gasteiger charge is 2.17. The number of unbranched alkanes of at least 4 members (excludes halogenated alkanes) is 2. The van der Waals surface area contributed by atoms with E-state index in [0.29, 0.717) is 5.41 Å². The minimum absolute atomic E-state index is 0.369. The molecule has 0 nitrogen and oxygen atoms in total. The van der Waals surface area contributed by atoms with Gasteiger partial charge < -0.3 is 0 Å². The molecule has 0 aliphatic heterocycles. The Morgan fingerprint density at radius 2 is 1.83 bits per heavy atom. The van der Waals surface area contributed by atoms with Gasteiger partial charge >= 0.3 is 0 Å². The molecular formula is C12H24. The van der Waals surface area contributed by atoms with Crippen LogP contribution in [0.3, 0.4) is 0 Å². The van der Waals surface area contributed by atoms with Gasteiger partial charge in [0.25, 0.3) is 0 Å². The largest absolute Gasteiger partial charge is 0.0880 e. The van der Waals surface area contributed by atoms with Crippen molar-refractivity contribution in [1.82, 2.24) is 0 Å². The van der Waals surface area contributed by atoms with Crippen LogP contribution in [0.25, 0.3) is 0 Å². The predicted octanol–water partition coefficient (Wildman–Crippen LogP) is 4.42. The first kappa shape index (κ1) is 11.7. The first-order chi connectivity index (χ1) is 5.50. The van der Waals surface area contributed by atoms with Crippen LogP contribution in [-0.4, -0.2) is 0 Å². The molecule has 0 atom stereocenters. The Labute approximate surface area is 78.1 Å². The van der Waals surface area contributed by atoms with E-state index in [9.17, 15) is 0 Å². The molecule has 0 saturated heterocycles. The summed E-state index contributed by atoms with van der Waals surface area (Å²) in [5.41, 5.74) is 0.369. The average Bonchev–Trinajstić information content (AvgIpc) is 1.98. The molecule has 0 aromatic carbocycles.